The summed E-state index contributed by atoms with van der Waals surface area (Å²) in [6.45, 7) is 0. The van der Waals surface area contributed by atoms with Gasteiger partial charge < -0.3 is 0 Å². The van der Waals surface area contributed by atoms with Crippen LogP contribution in [-0.2, 0) is 0 Å². The molecular formula is C16H9BrN2. The van der Waals surface area contributed by atoms with Gasteiger partial charge >= 0.3 is 0 Å². The second-order valence-electron chi connectivity index (χ2n) is 4.49. The molecule has 0 saturated carbocycles. The van der Waals surface area contributed by atoms with E-state index in [9.17, 15) is 0 Å². The second-order valence-corrected chi connectivity index (χ2v) is 5.40. The Balaban J connectivity index is 2.43. The van der Waals surface area contributed by atoms with Gasteiger partial charge in [-0.15, -0.1) is 0 Å². The van der Waals surface area contributed by atoms with E-state index in [1.165, 1.54) is 10.8 Å². The standard InChI is InChI=1S/C16H9BrN2/c17-10-5-6-13-14(9-10)11-3-1-2-4-12(11)15-16(13)19-8-7-18-15/h1-9H. The maximum atomic E-state index is 4.51. The third-order valence-corrected chi connectivity index (χ3v) is 3.90. The fraction of sp³-hybridized carbons (Fsp3) is 0. The van der Waals surface area contributed by atoms with Gasteiger partial charge in [-0.05, 0) is 22.9 Å². The summed E-state index contributed by atoms with van der Waals surface area (Å²) >= 11 is 3.55. The van der Waals surface area contributed by atoms with Gasteiger partial charge in [0.15, 0.2) is 0 Å². The number of nitrogens with zero attached hydrogens (tertiary/aromatic N) is 2. The van der Waals surface area contributed by atoms with E-state index < -0.39 is 0 Å². The van der Waals surface area contributed by atoms with Crippen molar-refractivity contribution in [2.45, 2.75) is 0 Å². The first kappa shape index (κ1) is 10.9. The van der Waals surface area contributed by atoms with Crippen LogP contribution in [0.4, 0.5) is 0 Å². The lowest BCUT2D eigenvalue weighted by molar-refractivity contribution is 1.31. The molecule has 1 heterocycles. The predicted molar refractivity (Wildman–Crippen MR) is 82.3 cm³/mol. The van der Waals surface area contributed by atoms with Crippen LogP contribution in [0.3, 0.4) is 0 Å². The summed E-state index contributed by atoms with van der Waals surface area (Å²) in [4.78, 5) is 9.02. The normalized spacial score (nSPS) is 11.4. The van der Waals surface area contributed by atoms with E-state index in [4.69, 9.17) is 0 Å². The van der Waals surface area contributed by atoms with Gasteiger partial charge in [-0.1, -0.05) is 46.3 Å². The molecular weight excluding hydrogens is 300 g/mol. The van der Waals surface area contributed by atoms with E-state index in [0.29, 0.717) is 0 Å². The van der Waals surface area contributed by atoms with Crippen molar-refractivity contribution < 1.29 is 0 Å². The molecule has 0 saturated heterocycles. The summed E-state index contributed by atoms with van der Waals surface area (Å²) < 4.78 is 1.08. The van der Waals surface area contributed by atoms with Crippen molar-refractivity contribution >= 4 is 48.5 Å². The summed E-state index contributed by atoms with van der Waals surface area (Å²) in [5, 5.41) is 4.71. The predicted octanol–water partition coefficient (Wildman–Crippen LogP) is 4.70. The number of fused-ring (bicyclic) bond motifs is 6. The molecule has 0 atom stereocenters. The summed E-state index contributed by atoms with van der Waals surface area (Å²) in [6, 6.07) is 14.6. The highest BCUT2D eigenvalue weighted by Crippen LogP contribution is 2.33. The van der Waals surface area contributed by atoms with Crippen LogP contribution < -0.4 is 0 Å². The number of hydrogen-bond acceptors (Lipinski definition) is 2. The fourth-order valence-electron chi connectivity index (χ4n) is 2.60. The Morgan fingerprint density at radius 1 is 0.684 bits per heavy atom. The van der Waals surface area contributed by atoms with Crippen molar-refractivity contribution in [1.29, 1.82) is 0 Å². The summed E-state index contributed by atoms with van der Waals surface area (Å²) in [5.74, 6) is 0. The number of halogens is 1. The monoisotopic (exact) mass is 308 g/mol. The average molecular weight is 309 g/mol. The molecule has 0 fully saturated rings. The van der Waals surface area contributed by atoms with Crippen LogP contribution in [0.25, 0.3) is 32.6 Å². The summed E-state index contributed by atoms with van der Waals surface area (Å²) in [7, 11) is 0. The summed E-state index contributed by atoms with van der Waals surface area (Å²) in [6.07, 6.45) is 3.50. The van der Waals surface area contributed by atoms with E-state index in [1.807, 2.05) is 12.1 Å². The van der Waals surface area contributed by atoms with Gasteiger partial charge in [0.25, 0.3) is 0 Å². The molecule has 19 heavy (non-hydrogen) atoms. The molecule has 0 N–H and O–H groups in total. The first-order chi connectivity index (χ1) is 9.34. The van der Waals surface area contributed by atoms with Gasteiger partial charge in [0.1, 0.15) is 0 Å². The zero-order valence-electron chi connectivity index (χ0n) is 9.97. The molecule has 0 bridgehead atoms. The molecule has 0 unspecified atom stereocenters. The van der Waals surface area contributed by atoms with Gasteiger partial charge in [-0.25, -0.2) is 0 Å². The van der Waals surface area contributed by atoms with Gasteiger partial charge in [-0.3, -0.25) is 9.97 Å². The molecule has 3 aromatic carbocycles. The molecule has 90 valence electrons. The number of hydrogen-bond donors (Lipinski definition) is 0. The van der Waals surface area contributed by atoms with Crippen LogP contribution in [0.15, 0.2) is 59.3 Å². The van der Waals surface area contributed by atoms with E-state index in [1.54, 1.807) is 12.4 Å². The van der Waals surface area contributed by atoms with Crippen LogP contribution in [-0.4, -0.2) is 9.97 Å². The Morgan fingerprint density at radius 2 is 1.32 bits per heavy atom. The Bertz CT molecular complexity index is 896. The van der Waals surface area contributed by atoms with Gasteiger partial charge in [0.2, 0.25) is 0 Å². The largest absolute Gasteiger partial charge is 0.252 e. The molecule has 3 heteroatoms. The minimum absolute atomic E-state index is 0.962. The first-order valence-electron chi connectivity index (χ1n) is 6.05. The smallest absolute Gasteiger partial charge is 0.0971 e. The van der Waals surface area contributed by atoms with Crippen molar-refractivity contribution in [3.05, 3.63) is 59.3 Å². The molecule has 0 radical (unpaired) electrons. The Labute approximate surface area is 118 Å². The minimum Gasteiger partial charge on any atom is -0.252 e. The van der Waals surface area contributed by atoms with Crippen molar-refractivity contribution in [3.8, 4) is 0 Å². The molecule has 4 aromatic rings. The number of aromatic nitrogens is 2. The maximum absolute atomic E-state index is 4.51. The van der Waals surface area contributed by atoms with Gasteiger partial charge in [0.05, 0.1) is 11.0 Å². The van der Waals surface area contributed by atoms with Crippen molar-refractivity contribution in [2.24, 2.45) is 0 Å². The molecule has 4 rings (SSSR count). The lowest BCUT2D eigenvalue weighted by Gasteiger charge is -2.08. The van der Waals surface area contributed by atoms with Crippen molar-refractivity contribution in [3.63, 3.8) is 0 Å². The Hall–Kier alpha value is -2.00. The van der Waals surface area contributed by atoms with Crippen LogP contribution in [0, 0.1) is 0 Å². The van der Waals surface area contributed by atoms with Crippen LogP contribution in [0.1, 0.15) is 0 Å². The van der Waals surface area contributed by atoms with E-state index in [0.717, 1.165) is 26.3 Å². The van der Waals surface area contributed by atoms with Crippen molar-refractivity contribution in [1.82, 2.24) is 9.97 Å². The quantitative estimate of drug-likeness (QED) is 0.440. The molecule has 0 spiro atoms. The lowest BCUT2D eigenvalue weighted by Crippen LogP contribution is -1.88. The number of benzene rings is 3. The Morgan fingerprint density at radius 3 is 2.05 bits per heavy atom. The molecule has 0 aliphatic heterocycles. The molecule has 0 aliphatic rings. The highest BCUT2D eigenvalue weighted by molar-refractivity contribution is 9.10. The molecule has 0 amide bonds. The third-order valence-electron chi connectivity index (χ3n) is 3.41. The topological polar surface area (TPSA) is 25.8 Å². The first-order valence-corrected chi connectivity index (χ1v) is 6.84. The van der Waals surface area contributed by atoms with E-state index in [2.05, 4.69) is 56.2 Å². The van der Waals surface area contributed by atoms with Crippen LogP contribution >= 0.6 is 15.9 Å². The molecule has 0 aliphatic carbocycles. The minimum atomic E-state index is 0.962. The molecule has 2 nitrogen and oxygen atoms in total. The Kier molecular flexibility index (Phi) is 2.29. The average Bonchev–Trinajstić information content (AvgIpc) is 2.47. The highest BCUT2D eigenvalue weighted by Gasteiger charge is 2.09. The van der Waals surface area contributed by atoms with E-state index >= 15 is 0 Å². The SMILES string of the molecule is Brc1ccc2c(c1)c1ccccc1c1nccnc21. The van der Waals surface area contributed by atoms with E-state index in [-0.39, 0.29) is 0 Å². The zero-order chi connectivity index (χ0) is 12.8. The van der Waals surface area contributed by atoms with Crippen LogP contribution in [0.2, 0.25) is 0 Å². The summed E-state index contributed by atoms with van der Waals surface area (Å²) in [5.41, 5.74) is 1.93. The van der Waals surface area contributed by atoms with Gasteiger partial charge in [0, 0.05) is 27.6 Å². The van der Waals surface area contributed by atoms with Gasteiger partial charge in [-0.2, -0.15) is 0 Å². The molecule has 1 aromatic heterocycles. The third kappa shape index (κ3) is 1.55. The maximum Gasteiger partial charge on any atom is 0.0971 e. The van der Waals surface area contributed by atoms with Crippen LogP contribution in [0.5, 0.6) is 0 Å². The van der Waals surface area contributed by atoms with Crippen molar-refractivity contribution in [2.75, 3.05) is 0 Å². The zero-order valence-corrected chi connectivity index (χ0v) is 11.6. The fourth-order valence-corrected chi connectivity index (χ4v) is 2.96. The second kappa shape index (κ2) is 4.00. The number of rotatable bonds is 0. The highest BCUT2D eigenvalue weighted by atomic mass is 79.9. The lowest BCUT2D eigenvalue weighted by atomic mass is 10.00.